The summed E-state index contributed by atoms with van der Waals surface area (Å²) in [5.74, 6) is -0.804. The molecule has 0 saturated heterocycles. The van der Waals surface area contributed by atoms with Gasteiger partial charge in [0.25, 0.3) is 0 Å². The lowest BCUT2D eigenvalue weighted by atomic mass is 9.79. The highest BCUT2D eigenvalue weighted by Gasteiger charge is 2.37. The van der Waals surface area contributed by atoms with Crippen LogP contribution in [0.25, 0.3) is 0 Å². The molecule has 1 fully saturated rings. The summed E-state index contributed by atoms with van der Waals surface area (Å²) in [5.41, 5.74) is 0.926. The Hall–Kier alpha value is -1.36. The molecular weight excluding hydrogens is 274 g/mol. The van der Waals surface area contributed by atoms with E-state index in [9.17, 15) is 9.59 Å². The molecule has 1 saturated carbocycles. The molecule has 110 valence electrons. The van der Waals surface area contributed by atoms with Crippen molar-refractivity contribution >= 4 is 23.2 Å². The molecule has 1 aliphatic rings. The van der Waals surface area contributed by atoms with Crippen LogP contribution in [0.1, 0.15) is 44.1 Å². The fourth-order valence-corrected chi connectivity index (χ4v) is 3.75. The van der Waals surface area contributed by atoms with Gasteiger partial charge in [0, 0.05) is 13.0 Å². The number of carboxylic acids is 1. The van der Waals surface area contributed by atoms with Gasteiger partial charge >= 0.3 is 5.97 Å². The lowest BCUT2D eigenvalue weighted by molar-refractivity contribution is -0.140. The minimum absolute atomic E-state index is 0.0108. The van der Waals surface area contributed by atoms with Crippen molar-refractivity contribution < 1.29 is 14.7 Å². The van der Waals surface area contributed by atoms with Crippen molar-refractivity contribution in [2.75, 3.05) is 6.54 Å². The van der Waals surface area contributed by atoms with Crippen molar-refractivity contribution in [3.63, 3.8) is 0 Å². The van der Waals surface area contributed by atoms with Crippen LogP contribution in [0.5, 0.6) is 0 Å². The molecule has 0 atom stereocenters. The zero-order valence-electron chi connectivity index (χ0n) is 11.6. The summed E-state index contributed by atoms with van der Waals surface area (Å²) in [5, 5.41) is 16.0. The molecule has 0 spiro atoms. The monoisotopic (exact) mass is 295 g/mol. The number of amides is 1. The largest absolute Gasteiger partial charge is 0.481 e. The van der Waals surface area contributed by atoms with Crippen molar-refractivity contribution in [3.8, 4) is 0 Å². The van der Waals surface area contributed by atoms with Crippen LogP contribution in [-0.4, -0.2) is 23.5 Å². The van der Waals surface area contributed by atoms with Crippen molar-refractivity contribution in [1.29, 1.82) is 0 Å². The van der Waals surface area contributed by atoms with E-state index in [0.717, 1.165) is 32.1 Å². The van der Waals surface area contributed by atoms with Gasteiger partial charge in [-0.1, -0.05) is 12.8 Å². The number of carboxylic acid groups (broad SMARTS) is 1. The number of thiophene rings is 1. The molecule has 1 aromatic heterocycles. The third kappa shape index (κ3) is 4.34. The summed E-state index contributed by atoms with van der Waals surface area (Å²) < 4.78 is 0. The van der Waals surface area contributed by atoms with Gasteiger partial charge in [0.05, 0.1) is 6.42 Å². The molecular formula is C15H21NO3S. The summed E-state index contributed by atoms with van der Waals surface area (Å²) in [6.07, 6.45) is 5.09. The molecule has 0 aliphatic heterocycles. The SMILES string of the molecule is O=C(O)CC1(CC(=O)NCCc2ccsc2)CCCC1. The van der Waals surface area contributed by atoms with Crippen molar-refractivity contribution in [2.24, 2.45) is 5.41 Å². The number of aliphatic carboxylic acids is 1. The summed E-state index contributed by atoms with van der Waals surface area (Å²) in [6, 6.07) is 2.06. The highest BCUT2D eigenvalue weighted by molar-refractivity contribution is 7.07. The van der Waals surface area contributed by atoms with Gasteiger partial charge < -0.3 is 10.4 Å². The Balaban J connectivity index is 1.78. The van der Waals surface area contributed by atoms with E-state index in [2.05, 4.69) is 16.8 Å². The average Bonchev–Trinajstić information content (AvgIpc) is 3.00. The number of hydrogen-bond acceptors (Lipinski definition) is 3. The predicted octanol–water partition coefficient (Wildman–Crippen LogP) is 2.83. The number of nitrogens with one attached hydrogen (secondary N) is 1. The van der Waals surface area contributed by atoms with Gasteiger partial charge in [-0.15, -0.1) is 0 Å². The molecule has 0 aromatic carbocycles. The molecule has 1 aliphatic carbocycles. The van der Waals surface area contributed by atoms with E-state index >= 15 is 0 Å². The van der Waals surface area contributed by atoms with Gasteiger partial charge in [-0.05, 0) is 47.1 Å². The second-order valence-electron chi connectivity index (χ2n) is 5.69. The lowest BCUT2D eigenvalue weighted by Crippen LogP contribution is -2.33. The molecule has 1 heterocycles. The number of carbonyl (C=O) groups is 2. The maximum absolute atomic E-state index is 12.0. The Morgan fingerprint density at radius 1 is 1.30 bits per heavy atom. The summed E-state index contributed by atoms with van der Waals surface area (Å²) in [4.78, 5) is 23.0. The molecule has 0 bridgehead atoms. The van der Waals surface area contributed by atoms with Crippen LogP contribution in [0.3, 0.4) is 0 Å². The fraction of sp³-hybridized carbons (Fsp3) is 0.600. The van der Waals surface area contributed by atoms with Crippen molar-refractivity contribution in [3.05, 3.63) is 22.4 Å². The standard InChI is InChI=1S/C15H21NO3S/c17-13(16-7-3-12-4-8-20-11-12)9-15(10-14(18)19)5-1-2-6-15/h4,8,11H,1-3,5-7,9-10H2,(H,16,17)(H,18,19). The molecule has 20 heavy (non-hydrogen) atoms. The second kappa shape index (κ2) is 6.88. The molecule has 0 radical (unpaired) electrons. The summed E-state index contributed by atoms with van der Waals surface area (Å²) in [6.45, 7) is 0.624. The Labute approximate surface area is 123 Å². The smallest absolute Gasteiger partial charge is 0.303 e. The minimum Gasteiger partial charge on any atom is -0.481 e. The molecule has 0 unspecified atom stereocenters. The number of rotatable bonds is 7. The van der Waals surface area contributed by atoms with E-state index in [1.807, 2.05) is 5.38 Å². The number of carbonyl (C=O) groups excluding carboxylic acids is 1. The Morgan fingerprint density at radius 3 is 2.65 bits per heavy atom. The van der Waals surface area contributed by atoms with Crippen molar-refractivity contribution in [2.45, 2.75) is 44.9 Å². The molecule has 4 nitrogen and oxygen atoms in total. The molecule has 2 rings (SSSR count). The van der Waals surface area contributed by atoms with E-state index in [-0.39, 0.29) is 17.7 Å². The highest BCUT2D eigenvalue weighted by atomic mass is 32.1. The van der Waals surface area contributed by atoms with Crippen LogP contribution < -0.4 is 5.32 Å². The Kier molecular flexibility index (Phi) is 5.17. The van der Waals surface area contributed by atoms with Gasteiger partial charge in [-0.2, -0.15) is 11.3 Å². The Bertz CT molecular complexity index is 450. The zero-order valence-corrected chi connectivity index (χ0v) is 12.4. The first-order valence-corrected chi connectivity index (χ1v) is 8.04. The highest BCUT2D eigenvalue weighted by Crippen LogP contribution is 2.43. The van der Waals surface area contributed by atoms with Crippen molar-refractivity contribution in [1.82, 2.24) is 5.32 Å². The molecule has 5 heteroatoms. The van der Waals surface area contributed by atoms with Crippen LogP contribution in [0.15, 0.2) is 16.8 Å². The first-order valence-electron chi connectivity index (χ1n) is 7.09. The molecule has 2 N–H and O–H groups in total. The average molecular weight is 295 g/mol. The van der Waals surface area contributed by atoms with E-state index in [1.54, 1.807) is 11.3 Å². The number of hydrogen-bond donors (Lipinski definition) is 2. The first kappa shape index (κ1) is 15.0. The lowest BCUT2D eigenvalue weighted by Gasteiger charge is -2.26. The van der Waals surface area contributed by atoms with Gasteiger partial charge in [0.2, 0.25) is 5.91 Å². The normalized spacial score (nSPS) is 17.0. The maximum Gasteiger partial charge on any atom is 0.303 e. The van der Waals surface area contributed by atoms with E-state index in [4.69, 9.17) is 5.11 Å². The quantitative estimate of drug-likeness (QED) is 0.813. The summed E-state index contributed by atoms with van der Waals surface area (Å²) in [7, 11) is 0. The summed E-state index contributed by atoms with van der Waals surface area (Å²) >= 11 is 1.65. The zero-order chi connectivity index (χ0) is 14.4. The van der Waals surface area contributed by atoms with Gasteiger partial charge in [0.15, 0.2) is 0 Å². The van der Waals surface area contributed by atoms with Gasteiger partial charge in [-0.3, -0.25) is 9.59 Å². The van der Waals surface area contributed by atoms with Crippen LogP contribution in [-0.2, 0) is 16.0 Å². The maximum atomic E-state index is 12.0. The van der Waals surface area contributed by atoms with Crippen LogP contribution in [0, 0.1) is 5.41 Å². The third-order valence-corrected chi connectivity index (χ3v) is 4.77. The van der Waals surface area contributed by atoms with E-state index in [1.165, 1.54) is 5.56 Å². The third-order valence-electron chi connectivity index (χ3n) is 4.04. The topological polar surface area (TPSA) is 66.4 Å². The predicted molar refractivity (Wildman–Crippen MR) is 78.8 cm³/mol. The Morgan fingerprint density at radius 2 is 2.05 bits per heavy atom. The van der Waals surface area contributed by atoms with Crippen LogP contribution in [0.4, 0.5) is 0 Å². The van der Waals surface area contributed by atoms with Gasteiger partial charge in [-0.25, -0.2) is 0 Å². The fourth-order valence-electron chi connectivity index (χ4n) is 3.05. The van der Waals surface area contributed by atoms with Crippen LogP contribution >= 0.6 is 11.3 Å². The molecule has 1 amide bonds. The second-order valence-corrected chi connectivity index (χ2v) is 6.47. The minimum atomic E-state index is -0.794. The molecule has 1 aromatic rings. The van der Waals surface area contributed by atoms with E-state index in [0.29, 0.717) is 13.0 Å². The first-order chi connectivity index (χ1) is 9.60. The van der Waals surface area contributed by atoms with E-state index < -0.39 is 5.97 Å². The van der Waals surface area contributed by atoms with Crippen LogP contribution in [0.2, 0.25) is 0 Å². The van der Waals surface area contributed by atoms with Gasteiger partial charge in [0.1, 0.15) is 0 Å².